The Morgan fingerprint density at radius 2 is 1.72 bits per heavy atom. The summed E-state index contributed by atoms with van der Waals surface area (Å²) < 4.78 is 10.8. The maximum Gasteiger partial charge on any atom is 0.358 e. The Morgan fingerprint density at radius 3 is 2.31 bits per heavy atom. The fourth-order valence-corrected chi connectivity index (χ4v) is 3.57. The number of esters is 1. The van der Waals surface area contributed by atoms with Crippen LogP contribution in [0.3, 0.4) is 0 Å². The number of hydrogen-bond donors (Lipinski definition) is 0. The van der Waals surface area contributed by atoms with Gasteiger partial charge in [-0.1, -0.05) is 22.7 Å². The van der Waals surface area contributed by atoms with Crippen molar-refractivity contribution in [2.24, 2.45) is 0 Å². The Balaban J connectivity index is 1.81. The van der Waals surface area contributed by atoms with Crippen molar-refractivity contribution >= 4 is 29.0 Å². The summed E-state index contributed by atoms with van der Waals surface area (Å²) in [6.07, 6.45) is 0. The first-order valence-corrected chi connectivity index (χ1v) is 10.1. The molecule has 0 aliphatic carbocycles. The number of nitro groups is 1. The highest BCUT2D eigenvalue weighted by Gasteiger charge is 2.28. The Bertz CT molecular complexity index is 1330. The van der Waals surface area contributed by atoms with E-state index < -0.39 is 16.7 Å². The fraction of sp³-hybridized carbons (Fsp3) is 0.0952. The normalized spacial score (nSPS) is 10.7. The second-order valence-electron chi connectivity index (χ2n) is 6.72. The van der Waals surface area contributed by atoms with Gasteiger partial charge < -0.3 is 4.74 Å². The average Bonchev–Trinajstić information content (AvgIpc) is 3.36. The molecule has 4 rings (SSSR count). The summed E-state index contributed by atoms with van der Waals surface area (Å²) >= 11 is 0.886. The predicted molar refractivity (Wildman–Crippen MR) is 114 cm³/mol. The smallest absolute Gasteiger partial charge is 0.358 e. The van der Waals surface area contributed by atoms with Gasteiger partial charge >= 0.3 is 5.97 Å². The van der Waals surface area contributed by atoms with Crippen molar-refractivity contribution in [2.45, 2.75) is 13.8 Å². The Morgan fingerprint density at radius 1 is 1.03 bits per heavy atom. The van der Waals surface area contributed by atoms with E-state index in [9.17, 15) is 19.7 Å². The lowest BCUT2D eigenvalue weighted by Crippen LogP contribution is -2.14. The number of rotatable bonds is 6. The highest BCUT2D eigenvalue weighted by Crippen LogP contribution is 2.30. The number of ether oxygens (including phenoxy) is 1. The van der Waals surface area contributed by atoms with E-state index in [-0.39, 0.29) is 27.6 Å². The molecule has 0 fully saturated rings. The second-order valence-corrected chi connectivity index (χ2v) is 7.48. The lowest BCUT2D eigenvalue weighted by molar-refractivity contribution is -0.384. The molecule has 0 amide bonds. The summed E-state index contributed by atoms with van der Waals surface area (Å²) in [6, 6.07) is 14.1. The molecule has 160 valence electrons. The monoisotopic (exact) mass is 449 g/mol. The van der Waals surface area contributed by atoms with Crippen molar-refractivity contribution in [3.05, 3.63) is 92.1 Å². The molecule has 2 aromatic carbocycles. The van der Waals surface area contributed by atoms with Crippen molar-refractivity contribution in [3.8, 4) is 11.6 Å². The molecule has 0 saturated carbocycles. The van der Waals surface area contributed by atoms with E-state index >= 15 is 0 Å². The largest absolute Gasteiger partial charge is 0.402 e. The highest BCUT2D eigenvalue weighted by molar-refractivity contribution is 7.07. The number of ketones is 1. The summed E-state index contributed by atoms with van der Waals surface area (Å²) in [7, 11) is 0. The van der Waals surface area contributed by atoms with Gasteiger partial charge in [0.15, 0.2) is 10.7 Å². The van der Waals surface area contributed by atoms with Crippen LogP contribution in [0.4, 0.5) is 5.69 Å². The van der Waals surface area contributed by atoms with E-state index in [4.69, 9.17) is 4.74 Å². The summed E-state index contributed by atoms with van der Waals surface area (Å²) in [5.74, 6) is -1.26. The zero-order valence-corrected chi connectivity index (χ0v) is 17.7. The van der Waals surface area contributed by atoms with Gasteiger partial charge in [0.2, 0.25) is 5.88 Å². The van der Waals surface area contributed by atoms with E-state index in [1.54, 1.807) is 38.1 Å². The van der Waals surface area contributed by atoms with Gasteiger partial charge in [0, 0.05) is 17.7 Å². The first kappa shape index (κ1) is 21.0. The van der Waals surface area contributed by atoms with Crippen LogP contribution >= 0.6 is 11.5 Å². The van der Waals surface area contributed by atoms with Gasteiger partial charge in [0.1, 0.15) is 5.56 Å². The number of nitro benzene ring substituents is 1. The Hall–Kier alpha value is -4.25. The molecule has 0 unspecified atom stereocenters. The molecule has 0 atom stereocenters. The van der Waals surface area contributed by atoms with E-state index in [2.05, 4.69) is 14.7 Å². The molecule has 0 N–H and O–H groups in total. The number of aryl methyl sites for hydroxylation is 2. The molecular weight excluding hydrogens is 434 g/mol. The summed E-state index contributed by atoms with van der Waals surface area (Å²) in [6.45, 7) is 3.25. The lowest BCUT2D eigenvalue weighted by atomic mass is 10.0. The summed E-state index contributed by atoms with van der Waals surface area (Å²) in [5.41, 5.74) is 1.45. The molecule has 4 aromatic rings. The number of benzene rings is 2. The number of para-hydroxylation sites is 1. The van der Waals surface area contributed by atoms with E-state index in [1.165, 1.54) is 28.9 Å². The first-order valence-electron chi connectivity index (χ1n) is 9.32. The van der Waals surface area contributed by atoms with Crippen LogP contribution in [0, 0.1) is 24.0 Å². The van der Waals surface area contributed by atoms with Crippen molar-refractivity contribution in [3.63, 3.8) is 0 Å². The first-order chi connectivity index (χ1) is 15.4. The van der Waals surface area contributed by atoms with Gasteiger partial charge in [-0.05, 0) is 49.6 Å². The summed E-state index contributed by atoms with van der Waals surface area (Å²) in [4.78, 5) is 36.7. The minimum atomic E-state index is -0.715. The van der Waals surface area contributed by atoms with Crippen molar-refractivity contribution < 1.29 is 19.2 Å². The van der Waals surface area contributed by atoms with Crippen LogP contribution in [-0.2, 0) is 0 Å². The lowest BCUT2D eigenvalue weighted by Gasteiger charge is -2.09. The van der Waals surface area contributed by atoms with Gasteiger partial charge in [-0.2, -0.15) is 9.78 Å². The molecule has 0 aliphatic heterocycles. The van der Waals surface area contributed by atoms with Crippen molar-refractivity contribution in [2.75, 3.05) is 0 Å². The zero-order chi connectivity index (χ0) is 22.8. The molecule has 2 heterocycles. The number of non-ortho nitro benzene ring substituents is 1. The van der Waals surface area contributed by atoms with Crippen LogP contribution in [0.2, 0.25) is 0 Å². The van der Waals surface area contributed by atoms with Crippen LogP contribution < -0.4 is 4.74 Å². The molecule has 0 bridgehead atoms. The minimum absolute atomic E-state index is 0.0603. The third kappa shape index (κ3) is 3.88. The van der Waals surface area contributed by atoms with E-state index in [0.29, 0.717) is 17.1 Å². The van der Waals surface area contributed by atoms with Gasteiger partial charge in [0.25, 0.3) is 5.69 Å². The number of carbonyl (C=O) groups is 2. The quantitative estimate of drug-likeness (QED) is 0.188. The second kappa shape index (κ2) is 8.47. The number of hydrogen-bond acceptors (Lipinski definition) is 9. The van der Waals surface area contributed by atoms with E-state index in [0.717, 1.165) is 11.5 Å². The molecule has 11 heteroatoms. The Labute approximate surface area is 185 Å². The maximum absolute atomic E-state index is 13.3. The van der Waals surface area contributed by atoms with Crippen molar-refractivity contribution in [1.29, 1.82) is 0 Å². The van der Waals surface area contributed by atoms with Gasteiger partial charge in [-0.3, -0.25) is 14.9 Å². The van der Waals surface area contributed by atoms with Crippen LogP contribution in [0.5, 0.6) is 5.88 Å². The maximum atomic E-state index is 13.3. The molecule has 0 aliphatic rings. The van der Waals surface area contributed by atoms with Crippen LogP contribution in [0.1, 0.15) is 37.0 Å². The van der Waals surface area contributed by atoms with Crippen molar-refractivity contribution in [1.82, 2.24) is 19.4 Å². The van der Waals surface area contributed by atoms with Crippen LogP contribution in [-0.4, -0.2) is 36.0 Å². The topological polar surface area (TPSA) is 130 Å². The van der Waals surface area contributed by atoms with Gasteiger partial charge in [-0.25, -0.2) is 4.79 Å². The third-order valence-electron chi connectivity index (χ3n) is 4.61. The average molecular weight is 449 g/mol. The predicted octanol–water partition coefficient (Wildman–Crippen LogP) is 3.70. The number of aromatic nitrogens is 4. The van der Waals surface area contributed by atoms with Gasteiger partial charge in [0.05, 0.1) is 22.0 Å². The van der Waals surface area contributed by atoms with Crippen LogP contribution in [0.25, 0.3) is 5.69 Å². The van der Waals surface area contributed by atoms with Crippen LogP contribution in [0.15, 0.2) is 54.6 Å². The molecule has 0 spiro atoms. The van der Waals surface area contributed by atoms with E-state index in [1.807, 2.05) is 6.07 Å². The third-order valence-corrected chi connectivity index (χ3v) is 5.42. The standard InChI is InChI=1S/C21H15N5O5S/c1-12-17(18(27)14-8-10-16(11-9-14)26(29)30)20(25(23-12)15-6-4-3-5-7-15)31-21(28)19-13(2)22-24-32-19/h3-11H,1-2H3. The fourth-order valence-electron chi connectivity index (χ4n) is 3.04. The molecule has 2 aromatic heterocycles. The number of carbonyl (C=O) groups excluding carboxylic acids is 2. The molecule has 0 saturated heterocycles. The SMILES string of the molecule is Cc1nnsc1C(=O)Oc1c(C(=O)c2ccc([N+](=O)[O-])cc2)c(C)nn1-c1ccccc1. The molecule has 32 heavy (non-hydrogen) atoms. The molecule has 10 nitrogen and oxygen atoms in total. The Kier molecular flexibility index (Phi) is 5.56. The highest BCUT2D eigenvalue weighted by atomic mass is 32.1. The minimum Gasteiger partial charge on any atom is -0.402 e. The zero-order valence-electron chi connectivity index (χ0n) is 16.9. The molecular formula is C21H15N5O5S. The molecule has 0 radical (unpaired) electrons. The summed E-state index contributed by atoms with van der Waals surface area (Å²) in [5, 5.41) is 19.2. The van der Waals surface area contributed by atoms with Gasteiger partial charge in [-0.15, -0.1) is 5.10 Å². The number of nitrogens with zero attached hydrogens (tertiary/aromatic N) is 5.